The lowest BCUT2D eigenvalue weighted by Crippen LogP contribution is -2.68. The topological polar surface area (TPSA) is 85.3 Å². The highest BCUT2D eigenvalue weighted by molar-refractivity contribution is 7.14. The van der Waals surface area contributed by atoms with E-state index in [0.717, 1.165) is 35.8 Å². The number of benzene rings is 1. The van der Waals surface area contributed by atoms with Gasteiger partial charge < -0.3 is 9.64 Å². The molecule has 7 nitrogen and oxygen atoms in total. The molecule has 57 heavy (non-hydrogen) atoms. The Morgan fingerprint density at radius 1 is 0.789 bits per heavy atom. The summed E-state index contributed by atoms with van der Waals surface area (Å²) in [5, 5.41) is 3.06. The molecule has 4 saturated carbocycles. The summed E-state index contributed by atoms with van der Waals surface area (Å²) in [7, 11) is 1.44. The van der Waals surface area contributed by atoms with Gasteiger partial charge in [-0.15, -0.1) is 11.3 Å². The summed E-state index contributed by atoms with van der Waals surface area (Å²) in [6, 6.07) is 19.7. The number of methoxy groups -OCH3 is 1. The number of hydrogen-bond acceptors (Lipinski definition) is 8. The standard InChI is InChI=1S/C49H58N4O3S/c1-45(2)34(32-15-17-33(18-16-32)43(55)56-6)21-24-46(3)41(45)22-25-48(5)42(46)20-19-35-36-12-11-23-49(36,27-26-47(35,48)4)53(30-40(54)38-14-8-10-29-51-38)44-52-39(31-57-44)37-13-7-9-28-50-37/h7-10,13-18,21,28-29,31,35-36,41-42H,11-12,19-20,22-27,30H2,1-6H3/t35-,36?,41?,42?,46+,47-,48-,49+/m1/s1. The number of carbonyl (C=O) groups excluding carboxylic acids is 2. The first kappa shape index (κ1) is 38.4. The van der Waals surface area contributed by atoms with E-state index < -0.39 is 0 Å². The van der Waals surface area contributed by atoms with Gasteiger partial charge in [0, 0.05) is 23.3 Å². The predicted molar refractivity (Wildman–Crippen MR) is 228 cm³/mol. The Balaban J connectivity index is 1.04. The van der Waals surface area contributed by atoms with Crippen molar-refractivity contribution in [2.45, 2.75) is 104 Å². The number of esters is 1. The average Bonchev–Trinajstić information content (AvgIpc) is 3.89. The van der Waals surface area contributed by atoms with Crippen molar-refractivity contribution in [1.82, 2.24) is 15.0 Å². The van der Waals surface area contributed by atoms with E-state index in [1.807, 2.05) is 54.7 Å². The molecule has 5 aliphatic carbocycles. The molecule has 5 aliphatic rings. The molecule has 4 fully saturated rings. The van der Waals surface area contributed by atoms with E-state index in [9.17, 15) is 9.59 Å². The van der Waals surface area contributed by atoms with Crippen LogP contribution in [-0.4, -0.2) is 45.9 Å². The van der Waals surface area contributed by atoms with Gasteiger partial charge >= 0.3 is 5.97 Å². The molecular formula is C49H58N4O3S. The van der Waals surface area contributed by atoms with Crippen LogP contribution in [0.25, 0.3) is 17.0 Å². The van der Waals surface area contributed by atoms with E-state index in [4.69, 9.17) is 9.72 Å². The summed E-state index contributed by atoms with van der Waals surface area (Å²) >= 11 is 1.66. The Morgan fingerprint density at radius 2 is 1.56 bits per heavy atom. The molecule has 1 aromatic carbocycles. The number of aromatic nitrogens is 3. The Kier molecular flexibility index (Phi) is 9.41. The number of pyridine rings is 2. The fourth-order valence-corrected chi connectivity index (χ4v) is 15.1. The maximum Gasteiger partial charge on any atom is 0.337 e. The molecule has 0 N–H and O–H groups in total. The molecule has 0 bridgehead atoms. The summed E-state index contributed by atoms with van der Waals surface area (Å²) in [5.74, 6) is 2.08. The number of rotatable bonds is 8. The largest absolute Gasteiger partial charge is 0.465 e. The average molecular weight is 783 g/mol. The molecule has 0 saturated heterocycles. The van der Waals surface area contributed by atoms with Crippen LogP contribution in [0.3, 0.4) is 0 Å². The van der Waals surface area contributed by atoms with Gasteiger partial charge in [0.15, 0.2) is 10.9 Å². The zero-order valence-electron chi connectivity index (χ0n) is 34.6. The van der Waals surface area contributed by atoms with Crippen LogP contribution >= 0.6 is 11.3 Å². The molecule has 0 aliphatic heterocycles. The highest BCUT2D eigenvalue weighted by atomic mass is 32.1. The molecule has 8 heteroatoms. The smallest absolute Gasteiger partial charge is 0.337 e. The van der Waals surface area contributed by atoms with Gasteiger partial charge in [-0.2, -0.15) is 0 Å². The third-order valence-corrected chi connectivity index (χ3v) is 17.8. The number of thiazole rings is 1. The minimum absolute atomic E-state index is 0.00845. The zero-order chi connectivity index (χ0) is 39.8. The molecule has 0 spiro atoms. The van der Waals surface area contributed by atoms with E-state index in [1.165, 1.54) is 63.2 Å². The zero-order valence-corrected chi connectivity index (χ0v) is 35.4. The van der Waals surface area contributed by atoms with Crippen LogP contribution < -0.4 is 4.90 Å². The van der Waals surface area contributed by atoms with Gasteiger partial charge in [-0.25, -0.2) is 9.78 Å². The quantitative estimate of drug-likeness (QED) is 0.130. The number of nitrogens with zero attached hydrogens (tertiary/aromatic N) is 4. The second-order valence-electron chi connectivity index (χ2n) is 19.3. The highest BCUT2D eigenvalue weighted by Gasteiger charge is 2.70. The summed E-state index contributed by atoms with van der Waals surface area (Å²) in [4.78, 5) is 43.2. The summed E-state index contributed by atoms with van der Waals surface area (Å²) in [6.07, 6.45) is 17.9. The Morgan fingerprint density at radius 3 is 2.28 bits per heavy atom. The molecule has 0 amide bonds. The van der Waals surface area contributed by atoms with Gasteiger partial charge in [0.25, 0.3) is 0 Å². The SMILES string of the molecule is COC(=O)c1ccc(C2=CC[C@@]3(C)C(CC[C@]4(C)C3CC[C@@H]3C5CCC[C@]5(N(CC(=O)c5ccccn5)c5nc(-c6ccccn6)cs5)CC[C@]34C)C2(C)C)cc1. The van der Waals surface area contributed by atoms with Crippen LogP contribution in [0.2, 0.25) is 0 Å². The second-order valence-corrected chi connectivity index (χ2v) is 20.2. The first-order valence-electron chi connectivity index (χ1n) is 21.3. The fourth-order valence-electron chi connectivity index (χ4n) is 14.2. The molecule has 4 aromatic rings. The number of ether oxygens (including phenoxy) is 1. The molecule has 8 atom stereocenters. The van der Waals surface area contributed by atoms with E-state index in [2.05, 4.69) is 73.1 Å². The van der Waals surface area contributed by atoms with E-state index >= 15 is 0 Å². The van der Waals surface area contributed by atoms with Gasteiger partial charge in [-0.3, -0.25) is 14.8 Å². The van der Waals surface area contributed by atoms with Crippen LogP contribution in [-0.2, 0) is 4.74 Å². The lowest BCUT2D eigenvalue weighted by atomic mass is 9.33. The number of hydrogen-bond donors (Lipinski definition) is 0. The first-order valence-corrected chi connectivity index (χ1v) is 22.2. The minimum atomic E-state index is -0.289. The number of ketones is 1. The Hall–Kier alpha value is -4.17. The van der Waals surface area contributed by atoms with Gasteiger partial charge in [0.05, 0.1) is 24.9 Å². The van der Waals surface area contributed by atoms with Crippen molar-refractivity contribution in [2.24, 2.45) is 45.3 Å². The number of carbonyl (C=O) groups is 2. The van der Waals surface area contributed by atoms with Gasteiger partial charge in [-0.05, 0) is 151 Å². The van der Waals surface area contributed by atoms with Crippen molar-refractivity contribution in [3.8, 4) is 11.4 Å². The Labute approximate surface area is 342 Å². The Bertz CT molecular complexity index is 2180. The number of anilines is 1. The lowest BCUT2D eigenvalue weighted by Gasteiger charge is -2.72. The van der Waals surface area contributed by atoms with Crippen molar-refractivity contribution in [3.63, 3.8) is 0 Å². The number of Topliss-reactive ketones (excluding diaryl/α,β-unsaturated/α-hetero) is 1. The molecular weight excluding hydrogens is 725 g/mol. The van der Waals surface area contributed by atoms with Crippen LogP contribution in [0, 0.1) is 45.3 Å². The lowest BCUT2D eigenvalue weighted by molar-refractivity contribution is -0.215. The molecule has 0 radical (unpaired) electrons. The van der Waals surface area contributed by atoms with Crippen molar-refractivity contribution in [1.29, 1.82) is 0 Å². The van der Waals surface area contributed by atoms with Crippen molar-refractivity contribution in [2.75, 3.05) is 18.6 Å². The van der Waals surface area contributed by atoms with E-state index in [1.54, 1.807) is 17.5 Å². The van der Waals surface area contributed by atoms with Gasteiger partial charge in [0.2, 0.25) is 0 Å². The summed E-state index contributed by atoms with van der Waals surface area (Å²) < 4.78 is 4.98. The van der Waals surface area contributed by atoms with E-state index in [-0.39, 0.29) is 39.0 Å². The van der Waals surface area contributed by atoms with Crippen molar-refractivity contribution in [3.05, 3.63) is 101 Å². The fraction of sp³-hybridized carbons (Fsp3) is 0.531. The van der Waals surface area contributed by atoms with Crippen LogP contribution in [0.1, 0.15) is 125 Å². The maximum atomic E-state index is 14.1. The normalized spacial score (nSPS) is 33.8. The minimum Gasteiger partial charge on any atom is -0.465 e. The van der Waals surface area contributed by atoms with Crippen LogP contribution in [0.15, 0.2) is 84.5 Å². The molecule has 3 aromatic heterocycles. The van der Waals surface area contributed by atoms with Gasteiger partial charge in [-0.1, -0.05) is 71.4 Å². The van der Waals surface area contributed by atoms with E-state index in [0.29, 0.717) is 41.5 Å². The molecule has 3 unspecified atom stereocenters. The van der Waals surface area contributed by atoms with Crippen molar-refractivity contribution >= 4 is 33.8 Å². The summed E-state index contributed by atoms with van der Waals surface area (Å²) in [6.45, 7) is 13.3. The monoisotopic (exact) mass is 782 g/mol. The van der Waals surface area contributed by atoms with Crippen LogP contribution in [0.5, 0.6) is 0 Å². The first-order chi connectivity index (χ1) is 27.4. The third-order valence-electron chi connectivity index (χ3n) is 16.9. The molecule has 3 heterocycles. The predicted octanol–water partition coefficient (Wildman–Crippen LogP) is 11.4. The van der Waals surface area contributed by atoms with Crippen molar-refractivity contribution < 1.29 is 14.3 Å². The molecule has 298 valence electrons. The summed E-state index contributed by atoms with van der Waals surface area (Å²) in [5.41, 5.74) is 6.04. The second kappa shape index (κ2) is 14.0. The maximum absolute atomic E-state index is 14.1. The third kappa shape index (κ3) is 5.81. The van der Waals surface area contributed by atoms with Gasteiger partial charge in [0.1, 0.15) is 11.4 Å². The van der Waals surface area contributed by atoms with Crippen LogP contribution in [0.4, 0.5) is 5.13 Å². The number of allylic oxidation sites excluding steroid dienone is 2. The number of fused-ring (bicyclic) bond motifs is 7. The molecule has 9 rings (SSSR count). The highest BCUT2D eigenvalue weighted by Crippen LogP contribution is 2.76.